The molecule has 0 aromatic heterocycles. The number of hydrogen-bond acceptors (Lipinski definition) is 2. The van der Waals surface area contributed by atoms with Gasteiger partial charge in [0.1, 0.15) is 5.82 Å². The maximum absolute atomic E-state index is 13.5. The lowest BCUT2D eigenvalue weighted by atomic mass is 10.1. The number of anilines is 1. The molecule has 90 valence electrons. The van der Waals surface area contributed by atoms with Crippen molar-refractivity contribution in [2.75, 3.05) is 18.5 Å². The largest absolute Gasteiger partial charge is 0.369 e. The number of halogens is 3. The predicted octanol–water partition coefficient (Wildman–Crippen LogP) is 2.55. The fraction of sp³-hybridized carbons (Fsp3) is 0.455. The second-order valence-electron chi connectivity index (χ2n) is 3.73. The third-order valence-electron chi connectivity index (χ3n) is 2.31. The minimum atomic E-state index is -2.46. The Balaban J connectivity index is 3.07. The van der Waals surface area contributed by atoms with Crippen LogP contribution in [0.15, 0.2) is 18.2 Å². The molecule has 0 unspecified atom stereocenters. The third-order valence-corrected chi connectivity index (χ3v) is 2.31. The van der Waals surface area contributed by atoms with Crippen molar-refractivity contribution in [1.29, 1.82) is 0 Å². The van der Waals surface area contributed by atoms with E-state index < -0.39 is 24.8 Å². The third kappa shape index (κ3) is 2.88. The van der Waals surface area contributed by atoms with E-state index >= 15 is 0 Å². The van der Waals surface area contributed by atoms with Crippen molar-refractivity contribution in [3.8, 4) is 0 Å². The first-order valence-corrected chi connectivity index (χ1v) is 4.96. The molecule has 1 atom stereocenters. The summed E-state index contributed by atoms with van der Waals surface area (Å²) in [5, 5.41) is 0. The highest BCUT2D eigenvalue weighted by molar-refractivity contribution is 5.55. The highest BCUT2D eigenvalue weighted by Gasteiger charge is 2.17. The Bertz CT molecular complexity index is 353. The first-order chi connectivity index (χ1) is 7.43. The smallest absolute Gasteiger partial charge is 0.255 e. The molecule has 0 bridgehead atoms. The molecule has 0 aliphatic rings. The number of hydrogen-bond donors (Lipinski definition) is 1. The van der Waals surface area contributed by atoms with E-state index in [2.05, 4.69) is 0 Å². The summed E-state index contributed by atoms with van der Waals surface area (Å²) < 4.78 is 38.0. The summed E-state index contributed by atoms with van der Waals surface area (Å²) in [6.07, 6.45) is -2.46. The van der Waals surface area contributed by atoms with Gasteiger partial charge in [-0.3, -0.25) is 0 Å². The molecule has 1 aromatic rings. The summed E-state index contributed by atoms with van der Waals surface area (Å²) in [5.74, 6) is -0.464. The lowest BCUT2D eigenvalue weighted by Crippen LogP contribution is -2.26. The molecule has 0 aliphatic heterocycles. The van der Waals surface area contributed by atoms with Gasteiger partial charge in [0.2, 0.25) is 0 Å². The van der Waals surface area contributed by atoms with Gasteiger partial charge < -0.3 is 10.6 Å². The zero-order valence-electron chi connectivity index (χ0n) is 9.25. The van der Waals surface area contributed by atoms with E-state index in [1.54, 1.807) is 13.0 Å². The molecule has 16 heavy (non-hydrogen) atoms. The molecular weight excluding hydrogens is 217 g/mol. The van der Waals surface area contributed by atoms with Gasteiger partial charge >= 0.3 is 0 Å². The Morgan fingerprint density at radius 3 is 2.50 bits per heavy atom. The van der Waals surface area contributed by atoms with E-state index in [1.807, 2.05) is 0 Å². The van der Waals surface area contributed by atoms with E-state index in [0.717, 1.165) is 0 Å². The zero-order valence-corrected chi connectivity index (χ0v) is 9.25. The van der Waals surface area contributed by atoms with Crippen LogP contribution in [-0.2, 0) is 0 Å². The van der Waals surface area contributed by atoms with E-state index in [9.17, 15) is 13.2 Å². The van der Waals surface area contributed by atoms with Gasteiger partial charge in [-0.15, -0.1) is 0 Å². The molecule has 0 aliphatic carbocycles. The number of benzene rings is 1. The van der Waals surface area contributed by atoms with Gasteiger partial charge in [-0.1, -0.05) is 6.07 Å². The zero-order chi connectivity index (χ0) is 12.3. The quantitative estimate of drug-likeness (QED) is 0.864. The number of nitrogens with two attached hydrogens (primary N) is 1. The fourth-order valence-electron chi connectivity index (χ4n) is 1.61. The molecule has 0 saturated carbocycles. The first-order valence-electron chi connectivity index (χ1n) is 4.96. The van der Waals surface area contributed by atoms with Crippen molar-refractivity contribution in [2.24, 2.45) is 5.73 Å². The van der Waals surface area contributed by atoms with Crippen molar-refractivity contribution in [2.45, 2.75) is 19.4 Å². The predicted molar refractivity (Wildman–Crippen MR) is 58.3 cm³/mol. The highest BCUT2D eigenvalue weighted by atomic mass is 19.3. The van der Waals surface area contributed by atoms with Gasteiger partial charge in [0, 0.05) is 24.3 Å². The minimum Gasteiger partial charge on any atom is -0.369 e. The maximum atomic E-state index is 13.5. The van der Waals surface area contributed by atoms with Crippen molar-refractivity contribution in [3.05, 3.63) is 29.6 Å². The first kappa shape index (κ1) is 12.8. The van der Waals surface area contributed by atoms with Crippen molar-refractivity contribution in [1.82, 2.24) is 0 Å². The Morgan fingerprint density at radius 1 is 1.38 bits per heavy atom. The van der Waals surface area contributed by atoms with E-state index in [0.29, 0.717) is 5.69 Å². The average Bonchev–Trinajstić information content (AvgIpc) is 2.15. The fourth-order valence-corrected chi connectivity index (χ4v) is 1.61. The van der Waals surface area contributed by atoms with Crippen LogP contribution in [0.1, 0.15) is 18.5 Å². The Hall–Kier alpha value is -1.23. The number of nitrogens with zero attached hydrogens (tertiary/aromatic N) is 1. The standard InChI is InChI=1S/C11H15F3N2/c1-7(15)11-8(12)4-3-5-9(11)16(2)6-10(13)14/h3-5,7,10H,6,15H2,1-2H3/t7-/m1/s1. The molecule has 0 heterocycles. The second-order valence-corrected chi connectivity index (χ2v) is 3.73. The molecule has 1 rings (SSSR count). The summed E-state index contributed by atoms with van der Waals surface area (Å²) in [5.41, 5.74) is 6.31. The molecule has 2 nitrogen and oxygen atoms in total. The van der Waals surface area contributed by atoms with Crippen LogP contribution in [0.3, 0.4) is 0 Å². The molecule has 0 fully saturated rings. The van der Waals surface area contributed by atoms with Crippen LogP contribution in [0.4, 0.5) is 18.9 Å². The van der Waals surface area contributed by atoms with Gasteiger partial charge in [0.05, 0.1) is 6.54 Å². The Labute approximate surface area is 92.9 Å². The van der Waals surface area contributed by atoms with E-state index in [1.165, 1.54) is 24.1 Å². The van der Waals surface area contributed by atoms with Gasteiger partial charge in [-0.25, -0.2) is 13.2 Å². The lowest BCUT2D eigenvalue weighted by molar-refractivity contribution is 0.156. The molecule has 0 amide bonds. The van der Waals surface area contributed by atoms with Crippen LogP contribution in [-0.4, -0.2) is 20.0 Å². The summed E-state index contributed by atoms with van der Waals surface area (Å²) in [7, 11) is 1.49. The van der Waals surface area contributed by atoms with Gasteiger partial charge in [0.15, 0.2) is 0 Å². The van der Waals surface area contributed by atoms with E-state index in [4.69, 9.17) is 5.73 Å². The van der Waals surface area contributed by atoms with Gasteiger partial charge in [-0.2, -0.15) is 0 Å². The maximum Gasteiger partial charge on any atom is 0.255 e. The SMILES string of the molecule is C[C@@H](N)c1c(F)cccc1N(C)CC(F)F. The molecule has 0 saturated heterocycles. The summed E-state index contributed by atoms with van der Waals surface area (Å²) >= 11 is 0. The number of rotatable bonds is 4. The molecule has 0 radical (unpaired) electrons. The molecule has 2 N–H and O–H groups in total. The average molecular weight is 232 g/mol. The van der Waals surface area contributed by atoms with Crippen molar-refractivity contribution in [3.63, 3.8) is 0 Å². The summed E-state index contributed by atoms with van der Waals surface area (Å²) in [4.78, 5) is 1.31. The normalized spacial score (nSPS) is 12.9. The molecule has 1 aromatic carbocycles. The van der Waals surface area contributed by atoms with Crippen molar-refractivity contribution < 1.29 is 13.2 Å². The molecular formula is C11H15F3N2. The monoisotopic (exact) mass is 232 g/mol. The summed E-state index contributed by atoms with van der Waals surface area (Å²) in [6, 6.07) is 3.82. The topological polar surface area (TPSA) is 29.3 Å². The van der Waals surface area contributed by atoms with Gasteiger partial charge in [-0.05, 0) is 19.1 Å². The Kier molecular flexibility index (Phi) is 4.18. The van der Waals surface area contributed by atoms with Crippen LogP contribution in [0, 0.1) is 5.82 Å². The highest BCUT2D eigenvalue weighted by Crippen LogP contribution is 2.27. The Morgan fingerprint density at radius 2 is 2.00 bits per heavy atom. The van der Waals surface area contributed by atoms with Crippen LogP contribution >= 0.6 is 0 Å². The molecule has 5 heteroatoms. The van der Waals surface area contributed by atoms with E-state index in [-0.39, 0.29) is 5.56 Å². The van der Waals surface area contributed by atoms with Crippen LogP contribution in [0.25, 0.3) is 0 Å². The van der Waals surface area contributed by atoms with Crippen LogP contribution in [0.5, 0.6) is 0 Å². The van der Waals surface area contributed by atoms with Crippen LogP contribution in [0.2, 0.25) is 0 Å². The second kappa shape index (κ2) is 5.21. The van der Waals surface area contributed by atoms with Crippen LogP contribution < -0.4 is 10.6 Å². The molecule has 0 spiro atoms. The van der Waals surface area contributed by atoms with Gasteiger partial charge in [0.25, 0.3) is 6.43 Å². The van der Waals surface area contributed by atoms with Crippen molar-refractivity contribution >= 4 is 5.69 Å². The number of alkyl halides is 2. The lowest BCUT2D eigenvalue weighted by Gasteiger charge is -2.23. The minimum absolute atomic E-state index is 0.269. The summed E-state index contributed by atoms with van der Waals surface area (Å²) in [6.45, 7) is 1.18.